The van der Waals surface area contributed by atoms with Crippen molar-refractivity contribution in [2.45, 2.75) is 0 Å². The normalized spacial score (nSPS) is 10.3. The summed E-state index contributed by atoms with van der Waals surface area (Å²) >= 11 is 0. The standard InChI is InChI=1S/C16H13N3O2/c1-20-13-7-6-10(8-14(13)21-2)16-18-12-5-3-4-11(9-17)15(12)19-16/h3-8H,1-2H3,(H,18,19). The van der Waals surface area contributed by atoms with E-state index >= 15 is 0 Å². The molecular weight excluding hydrogens is 266 g/mol. The number of methoxy groups -OCH3 is 2. The highest BCUT2D eigenvalue weighted by atomic mass is 16.5. The van der Waals surface area contributed by atoms with Gasteiger partial charge in [-0.1, -0.05) is 6.07 Å². The molecule has 0 aliphatic heterocycles. The van der Waals surface area contributed by atoms with E-state index in [1.807, 2.05) is 30.3 Å². The molecule has 1 heterocycles. The average Bonchev–Trinajstić information content (AvgIpc) is 2.98. The number of hydrogen-bond acceptors (Lipinski definition) is 4. The number of ether oxygens (including phenoxy) is 2. The first-order valence-corrected chi connectivity index (χ1v) is 6.38. The Hall–Kier alpha value is -3.00. The molecule has 21 heavy (non-hydrogen) atoms. The maximum atomic E-state index is 9.13. The molecule has 0 aliphatic rings. The predicted octanol–water partition coefficient (Wildman–Crippen LogP) is 3.12. The zero-order valence-corrected chi connectivity index (χ0v) is 11.7. The van der Waals surface area contributed by atoms with Crippen LogP contribution in [0, 0.1) is 11.3 Å². The maximum absolute atomic E-state index is 9.13. The Morgan fingerprint density at radius 3 is 2.62 bits per heavy atom. The highest BCUT2D eigenvalue weighted by molar-refractivity contribution is 5.84. The molecule has 3 aromatic rings. The molecule has 0 aliphatic carbocycles. The number of aromatic amines is 1. The van der Waals surface area contributed by atoms with Crippen molar-refractivity contribution in [3.63, 3.8) is 0 Å². The molecule has 1 N–H and O–H groups in total. The van der Waals surface area contributed by atoms with Crippen LogP contribution in [0.4, 0.5) is 0 Å². The van der Waals surface area contributed by atoms with E-state index in [4.69, 9.17) is 14.7 Å². The van der Waals surface area contributed by atoms with Gasteiger partial charge in [-0.25, -0.2) is 4.98 Å². The second-order valence-electron chi connectivity index (χ2n) is 4.47. The maximum Gasteiger partial charge on any atom is 0.161 e. The Kier molecular flexibility index (Phi) is 3.20. The molecule has 2 aromatic carbocycles. The van der Waals surface area contributed by atoms with Crippen LogP contribution < -0.4 is 9.47 Å². The van der Waals surface area contributed by atoms with E-state index < -0.39 is 0 Å². The lowest BCUT2D eigenvalue weighted by Crippen LogP contribution is -1.91. The molecule has 0 atom stereocenters. The quantitative estimate of drug-likeness (QED) is 0.799. The van der Waals surface area contributed by atoms with E-state index in [1.54, 1.807) is 20.3 Å². The SMILES string of the molecule is COc1ccc(-c2nc3c(C#N)cccc3[nH]2)cc1OC. The Labute approximate surface area is 121 Å². The lowest BCUT2D eigenvalue weighted by molar-refractivity contribution is 0.355. The van der Waals surface area contributed by atoms with Crippen LogP contribution in [0.25, 0.3) is 22.4 Å². The van der Waals surface area contributed by atoms with E-state index in [1.165, 1.54) is 0 Å². The fraction of sp³-hybridized carbons (Fsp3) is 0.125. The predicted molar refractivity (Wildman–Crippen MR) is 79.3 cm³/mol. The Balaban J connectivity index is 2.15. The van der Waals surface area contributed by atoms with Crippen molar-refractivity contribution in [2.75, 3.05) is 14.2 Å². The summed E-state index contributed by atoms with van der Waals surface area (Å²) in [6.07, 6.45) is 0. The van der Waals surface area contributed by atoms with Crippen LogP contribution in [0.1, 0.15) is 5.56 Å². The van der Waals surface area contributed by atoms with Gasteiger partial charge < -0.3 is 14.5 Å². The zero-order valence-electron chi connectivity index (χ0n) is 11.7. The highest BCUT2D eigenvalue weighted by Gasteiger charge is 2.11. The van der Waals surface area contributed by atoms with Gasteiger partial charge in [-0.2, -0.15) is 5.26 Å². The van der Waals surface area contributed by atoms with Gasteiger partial charge in [0.2, 0.25) is 0 Å². The molecule has 3 rings (SSSR count). The first-order valence-electron chi connectivity index (χ1n) is 6.38. The molecule has 0 radical (unpaired) electrons. The van der Waals surface area contributed by atoms with Crippen LogP contribution in [0.5, 0.6) is 11.5 Å². The lowest BCUT2D eigenvalue weighted by Gasteiger charge is -2.08. The molecule has 0 amide bonds. The average molecular weight is 279 g/mol. The van der Waals surface area contributed by atoms with Crippen molar-refractivity contribution in [3.05, 3.63) is 42.0 Å². The monoisotopic (exact) mass is 279 g/mol. The number of nitrogens with one attached hydrogen (secondary N) is 1. The van der Waals surface area contributed by atoms with Gasteiger partial charge in [-0.3, -0.25) is 0 Å². The van der Waals surface area contributed by atoms with Crippen molar-refractivity contribution >= 4 is 11.0 Å². The minimum Gasteiger partial charge on any atom is -0.493 e. The third-order valence-corrected chi connectivity index (χ3v) is 3.29. The minimum atomic E-state index is 0.551. The van der Waals surface area contributed by atoms with Crippen LogP contribution >= 0.6 is 0 Å². The summed E-state index contributed by atoms with van der Waals surface area (Å²) in [4.78, 5) is 7.73. The number of benzene rings is 2. The molecule has 5 heteroatoms. The Morgan fingerprint density at radius 2 is 1.90 bits per heavy atom. The van der Waals surface area contributed by atoms with E-state index in [0.717, 1.165) is 11.1 Å². The van der Waals surface area contributed by atoms with Crippen LogP contribution in [0.3, 0.4) is 0 Å². The van der Waals surface area contributed by atoms with Crippen molar-refractivity contribution in [1.29, 1.82) is 5.26 Å². The number of hydrogen-bond donors (Lipinski definition) is 1. The summed E-state index contributed by atoms with van der Waals surface area (Å²) in [5.74, 6) is 1.99. The number of aromatic nitrogens is 2. The van der Waals surface area contributed by atoms with Gasteiger partial charge >= 0.3 is 0 Å². The summed E-state index contributed by atoms with van der Waals surface area (Å²) < 4.78 is 10.5. The summed E-state index contributed by atoms with van der Waals surface area (Å²) in [5, 5.41) is 9.13. The smallest absolute Gasteiger partial charge is 0.161 e. The number of fused-ring (bicyclic) bond motifs is 1. The summed E-state index contributed by atoms with van der Waals surface area (Å²) in [6.45, 7) is 0. The fourth-order valence-electron chi connectivity index (χ4n) is 2.24. The molecular formula is C16H13N3O2. The molecule has 5 nitrogen and oxygen atoms in total. The molecule has 0 fully saturated rings. The highest BCUT2D eigenvalue weighted by Crippen LogP contribution is 2.32. The first-order chi connectivity index (χ1) is 10.3. The topological polar surface area (TPSA) is 70.9 Å². The van der Waals surface area contributed by atoms with Gasteiger partial charge in [0, 0.05) is 5.56 Å². The second-order valence-corrected chi connectivity index (χ2v) is 4.47. The van der Waals surface area contributed by atoms with Crippen LogP contribution in [0.2, 0.25) is 0 Å². The Bertz CT molecular complexity index is 846. The molecule has 104 valence electrons. The molecule has 0 bridgehead atoms. The molecule has 0 unspecified atom stereocenters. The van der Waals surface area contributed by atoms with Gasteiger partial charge in [0.1, 0.15) is 17.4 Å². The van der Waals surface area contributed by atoms with Gasteiger partial charge in [0.25, 0.3) is 0 Å². The van der Waals surface area contributed by atoms with E-state index in [9.17, 15) is 0 Å². The molecule has 0 saturated carbocycles. The summed E-state index contributed by atoms with van der Waals surface area (Å²) in [5.41, 5.74) is 2.92. The second kappa shape index (κ2) is 5.17. The van der Waals surface area contributed by atoms with Crippen LogP contribution in [-0.2, 0) is 0 Å². The van der Waals surface area contributed by atoms with Crippen LogP contribution in [0.15, 0.2) is 36.4 Å². The third kappa shape index (κ3) is 2.17. The number of rotatable bonds is 3. The lowest BCUT2D eigenvalue weighted by atomic mass is 10.2. The number of imidazole rings is 1. The van der Waals surface area contributed by atoms with Crippen molar-refractivity contribution in [3.8, 4) is 29.0 Å². The number of H-pyrrole nitrogens is 1. The van der Waals surface area contributed by atoms with E-state index in [-0.39, 0.29) is 0 Å². The van der Waals surface area contributed by atoms with Crippen molar-refractivity contribution < 1.29 is 9.47 Å². The van der Waals surface area contributed by atoms with Crippen molar-refractivity contribution in [1.82, 2.24) is 9.97 Å². The molecule has 0 spiro atoms. The largest absolute Gasteiger partial charge is 0.493 e. The molecule has 1 aromatic heterocycles. The molecule has 0 saturated heterocycles. The third-order valence-electron chi connectivity index (χ3n) is 3.29. The van der Waals surface area contributed by atoms with E-state index in [0.29, 0.717) is 28.4 Å². The number of nitriles is 1. The summed E-state index contributed by atoms with van der Waals surface area (Å²) in [7, 11) is 3.19. The Morgan fingerprint density at radius 1 is 1.10 bits per heavy atom. The fourth-order valence-corrected chi connectivity index (χ4v) is 2.24. The van der Waals surface area contributed by atoms with Crippen LogP contribution in [-0.4, -0.2) is 24.2 Å². The van der Waals surface area contributed by atoms with Gasteiger partial charge in [0.05, 0.1) is 25.3 Å². The number of para-hydroxylation sites is 1. The van der Waals surface area contributed by atoms with E-state index in [2.05, 4.69) is 16.0 Å². The number of nitrogens with zero attached hydrogens (tertiary/aromatic N) is 2. The van der Waals surface area contributed by atoms with Gasteiger partial charge in [-0.05, 0) is 30.3 Å². The minimum absolute atomic E-state index is 0.551. The zero-order chi connectivity index (χ0) is 14.8. The van der Waals surface area contributed by atoms with Crippen molar-refractivity contribution in [2.24, 2.45) is 0 Å². The van der Waals surface area contributed by atoms with Gasteiger partial charge in [0.15, 0.2) is 11.5 Å². The first kappa shape index (κ1) is 13.0. The summed E-state index contributed by atoms with van der Waals surface area (Å²) in [6, 6.07) is 13.2. The van der Waals surface area contributed by atoms with Gasteiger partial charge in [-0.15, -0.1) is 0 Å².